The second-order valence-corrected chi connectivity index (χ2v) is 4.01. The van der Waals surface area contributed by atoms with Crippen LogP contribution in [0.15, 0.2) is 12.2 Å². The average Bonchev–Trinajstić information content (AvgIpc) is 2.06. The zero-order chi connectivity index (χ0) is 8.10. The van der Waals surface area contributed by atoms with Crippen LogP contribution in [0.1, 0.15) is 32.6 Å². The van der Waals surface area contributed by atoms with Crippen molar-refractivity contribution in [3.05, 3.63) is 12.2 Å². The van der Waals surface area contributed by atoms with Crippen LogP contribution in [-0.2, 0) is 0 Å². The van der Waals surface area contributed by atoms with Crippen molar-refractivity contribution in [1.82, 2.24) is 0 Å². The minimum Gasteiger partial charge on any atom is -0.179 e. The highest BCUT2D eigenvalue weighted by molar-refractivity contribution is 7.80. The maximum Gasteiger partial charge on any atom is -0.00719 e. The monoisotopic (exact) mass is 170 g/mol. The Balaban J connectivity index is 2.24. The van der Waals surface area contributed by atoms with Crippen molar-refractivity contribution in [1.29, 1.82) is 0 Å². The van der Waals surface area contributed by atoms with Crippen LogP contribution < -0.4 is 0 Å². The molecule has 0 N–H and O–H groups in total. The van der Waals surface area contributed by atoms with E-state index in [9.17, 15) is 0 Å². The Morgan fingerprint density at radius 2 is 2.45 bits per heavy atom. The molecule has 0 saturated heterocycles. The van der Waals surface area contributed by atoms with E-state index < -0.39 is 0 Å². The number of hydrogen-bond donors (Lipinski definition) is 1. The summed E-state index contributed by atoms with van der Waals surface area (Å²) in [5, 5.41) is 0. The summed E-state index contributed by atoms with van der Waals surface area (Å²) in [5.41, 5.74) is 0. The second kappa shape index (κ2) is 4.87. The van der Waals surface area contributed by atoms with E-state index in [4.69, 9.17) is 0 Å². The molecule has 0 bridgehead atoms. The van der Waals surface area contributed by atoms with Gasteiger partial charge in [-0.3, -0.25) is 0 Å². The predicted molar refractivity (Wildman–Crippen MR) is 54.1 cm³/mol. The van der Waals surface area contributed by atoms with Crippen LogP contribution in [0.25, 0.3) is 0 Å². The van der Waals surface area contributed by atoms with Crippen molar-refractivity contribution < 1.29 is 0 Å². The first kappa shape index (κ1) is 9.18. The van der Waals surface area contributed by atoms with Crippen molar-refractivity contribution in [2.75, 3.05) is 5.75 Å². The zero-order valence-corrected chi connectivity index (χ0v) is 8.19. The molecule has 0 aromatic rings. The zero-order valence-electron chi connectivity index (χ0n) is 7.29. The first-order valence-corrected chi connectivity index (χ1v) is 5.23. The van der Waals surface area contributed by atoms with E-state index in [1.54, 1.807) is 0 Å². The largest absolute Gasteiger partial charge is 0.179 e. The first-order valence-electron chi connectivity index (χ1n) is 4.60. The fraction of sp³-hybridized carbons (Fsp3) is 0.800. The lowest BCUT2D eigenvalue weighted by Gasteiger charge is -2.18. The molecule has 0 aliphatic heterocycles. The van der Waals surface area contributed by atoms with E-state index in [0.29, 0.717) is 0 Å². The topological polar surface area (TPSA) is 0 Å². The minimum absolute atomic E-state index is 0.783. The lowest BCUT2D eigenvalue weighted by molar-refractivity contribution is 0.435. The molecular formula is C10H18S. The third-order valence-corrected chi connectivity index (χ3v) is 2.99. The van der Waals surface area contributed by atoms with Gasteiger partial charge in [-0.25, -0.2) is 0 Å². The molecule has 0 fully saturated rings. The lowest BCUT2D eigenvalue weighted by Crippen LogP contribution is -2.07. The molecule has 0 spiro atoms. The Labute approximate surface area is 75.5 Å². The molecule has 0 amide bonds. The van der Waals surface area contributed by atoms with Gasteiger partial charge in [0.15, 0.2) is 0 Å². The van der Waals surface area contributed by atoms with Crippen LogP contribution in [0.5, 0.6) is 0 Å². The molecule has 0 heterocycles. The number of thiol groups is 1. The van der Waals surface area contributed by atoms with Crippen LogP contribution in [0.4, 0.5) is 0 Å². The van der Waals surface area contributed by atoms with Crippen molar-refractivity contribution in [3.63, 3.8) is 0 Å². The van der Waals surface area contributed by atoms with E-state index in [1.807, 2.05) is 0 Å². The fourth-order valence-corrected chi connectivity index (χ4v) is 1.82. The molecule has 64 valence electrons. The van der Waals surface area contributed by atoms with Crippen LogP contribution in [0.2, 0.25) is 0 Å². The molecule has 11 heavy (non-hydrogen) atoms. The molecule has 0 aromatic heterocycles. The van der Waals surface area contributed by atoms with Crippen LogP contribution in [-0.4, -0.2) is 5.75 Å². The summed E-state index contributed by atoms with van der Waals surface area (Å²) in [5.74, 6) is 2.67. The molecule has 1 rings (SSSR count). The molecule has 0 nitrogen and oxygen atoms in total. The van der Waals surface area contributed by atoms with E-state index >= 15 is 0 Å². The molecule has 1 aliphatic carbocycles. The fourth-order valence-electron chi connectivity index (χ4n) is 1.67. The molecule has 0 aromatic carbocycles. The molecule has 1 heteroatoms. The van der Waals surface area contributed by atoms with Gasteiger partial charge < -0.3 is 0 Å². The van der Waals surface area contributed by atoms with Gasteiger partial charge in [0.1, 0.15) is 0 Å². The Morgan fingerprint density at radius 1 is 1.64 bits per heavy atom. The molecular weight excluding hydrogens is 152 g/mol. The summed E-state index contributed by atoms with van der Waals surface area (Å²) in [7, 11) is 0. The van der Waals surface area contributed by atoms with Gasteiger partial charge in [0.2, 0.25) is 0 Å². The SMILES string of the molecule is CC(CS)CC1C=CCCC1. The molecule has 2 atom stereocenters. The molecule has 0 saturated carbocycles. The highest BCUT2D eigenvalue weighted by Gasteiger charge is 2.11. The van der Waals surface area contributed by atoms with Gasteiger partial charge in [-0.1, -0.05) is 19.1 Å². The van der Waals surface area contributed by atoms with E-state index in [1.165, 1.54) is 25.7 Å². The normalized spacial score (nSPS) is 26.9. The van der Waals surface area contributed by atoms with Crippen molar-refractivity contribution in [3.8, 4) is 0 Å². The summed E-state index contributed by atoms with van der Waals surface area (Å²) < 4.78 is 0. The number of allylic oxidation sites excluding steroid dienone is 2. The first-order chi connectivity index (χ1) is 5.33. The van der Waals surface area contributed by atoms with Gasteiger partial charge >= 0.3 is 0 Å². The van der Waals surface area contributed by atoms with Crippen LogP contribution in [0.3, 0.4) is 0 Å². The van der Waals surface area contributed by atoms with Crippen LogP contribution >= 0.6 is 12.6 Å². The van der Waals surface area contributed by atoms with E-state index in [-0.39, 0.29) is 0 Å². The molecule has 2 unspecified atom stereocenters. The van der Waals surface area contributed by atoms with Gasteiger partial charge in [-0.15, -0.1) is 0 Å². The molecule has 0 radical (unpaired) electrons. The third kappa shape index (κ3) is 3.33. The minimum atomic E-state index is 0.783. The maximum atomic E-state index is 4.29. The van der Waals surface area contributed by atoms with Gasteiger partial charge in [0.25, 0.3) is 0 Å². The Kier molecular flexibility index (Phi) is 4.06. The third-order valence-electron chi connectivity index (χ3n) is 2.37. The van der Waals surface area contributed by atoms with Gasteiger partial charge in [0.05, 0.1) is 0 Å². The number of hydrogen-bond acceptors (Lipinski definition) is 1. The smallest absolute Gasteiger partial charge is 0.00719 e. The summed E-state index contributed by atoms with van der Waals surface area (Å²) in [4.78, 5) is 0. The summed E-state index contributed by atoms with van der Waals surface area (Å²) >= 11 is 4.29. The Hall–Kier alpha value is 0.0900. The highest BCUT2D eigenvalue weighted by Crippen LogP contribution is 2.24. The molecule has 1 aliphatic rings. The summed E-state index contributed by atoms with van der Waals surface area (Å²) in [6.45, 7) is 2.29. The highest BCUT2D eigenvalue weighted by atomic mass is 32.1. The van der Waals surface area contributed by atoms with Gasteiger partial charge in [-0.05, 0) is 43.3 Å². The summed E-state index contributed by atoms with van der Waals surface area (Å²) in [6, 6.07) is 0. The standard InChI is InChI=1S/C10H18S/c1-9(8-11)7-10-5-3-2-4-6-10/h3,5,9-11H,2,4,6-8H2,1H3. The lowest BCUT2D eigenvalue weighted by atomic mass is 9.89. The summed E-state index contributed by atoms with van der Waals surface area (Å²) in [6.07, 6.45) is 10.1. The number of rotatable bonds is 3. The van der Waals surface area contributed by atoms with Gasteiger partial charge in [0, 0.05) is 0 Å². The van der Waals surface area contributed by atoms with E-state index in [2.05, 4.69) is 31.7 Å². The van der Waals surface area contributed by atoms with Crippen molar-refractivity contribution in [2.45, 2.75) is 32.6 Å². The quantitative estimate of drug-likeness (QED) is 0.487. The predicted octanol–water partition coefficient (Wildman–Crippen LogP) is 3.30. The second-order valence-electron chi connectivity index (χ2n) is 3.64. The maximum absolute atomic E-state index is 4.29. The average molecular weight is 170 g/mol. The Bertz CT molecular complexity index is 129. The Morgan fingerprint density at radius 3 is 3.00 bits per heavy atom. The van der Waals surface area contributed by atoms with Gasteiger partial charge in [-0.2, -0.15) is 12.6 Å². The van der Waals surface area contributed by atoms with Crippen molar-refractivity contribution in [2.24, 2.45) is 11.8 Å². The van der Waals surface area contributed by atoms with Crippen molar-refractivity contribution >= 4 is 12.6 Å². The van der Waals surface area contributed by atoms with Crippen LogP contribution in [0, 0.1) is 11.8 Å². The van der Waals surface area contributed by atoms with E-state index in [0.717, 1.165) is 17.6 Å².